The van der Waals surface area contributed by atoms with E-state index < -0.39 is 0 Å². The maximum atomic E-state index is 12.8. The third-order valence-corrected chi connectivity index (χ3v) is 3.52. The molecule has 0 spiro atoms. The summed E-state index contributed by atoms with van der Waals surface area (Å²) in [4.78, 5) is 0.764. The van der Waals surface area contributed by atoms with Crippen molar-refractivity contribution in [2.75, 3.05) is 0 Å². The van der Waals surface area contributed by atoms with Gasteiger partial charge in [-0.3, -0.25) is 0 Å². The Morgan fingerprint density at radius 1 is 1.36 bits per heavy atom. The van der Waals surface area contributed by atoms with Crippen molar-refractivity contribution < 1.29 is 4.39 Å². The second-order valence-corrected chi connectivity index (χ2v) is 4.37. The van der Waals surface area contributed by atoms with E-state index in [9.17, 15) is 4.39 Å². The first-order valence-electron chi connectivity index (χ1n) is 3.67. The third kappa shape index (κ3) is 2.23. The number of rotatable bonds is 2. The van der Waals surface area contributed by atoms with Gasteiger partial charge in [-0.25, -0.2) is 4.39 Å². The van der Waals surface area contributed by atoms with E-state index in [0.717, 1.165) is 16.6 Å². The van der Waals surface area contributed by atoms with E-state index >= 15 is 0 Å². The van der Waals surface area contributed by atoms with Crippen LogP contribution in [0, 0.1) is 5.82 Å². The molecular weight excluding hydrogens is 243 g/mol. The molecule has 0 amide bonds. The average Bonchev–Trinajstić information content (AvgIpc) is 2.52. The van der Waals surface area contributed by atoms with Crippen LogP contribution < -0.4 is 0 Å². The minimum absolute atomic E-state index is 0.269. The van der Waals surface area contributed by atoms with E-state index in [1.165, 1.54) is 23.9 Å². The Kier molecular flexibility index (Phi) is 3.00. The Balaban J connectivity index is 2.23. The molecule has 0 saturated heterocycles. The van der Waals surface area contributed by atoms with Gasteiger partial charge in [0.1, 0.15) is 5.82 Å². The zero-order valence-electron chi connectivity index (χ0n) is 6.78. The van der Waals surface area contributed by atoms with E-state index in [1.54, 1.807) is 12.1 Å². The maximum Gasteiger partial charge on any atom is 0.177 e. The molecule has 2 nitrogen and oxygen atoms in total. The summed E-state index contributed by atoms with van der Waals surface area (Å²) in [6, 6.07) is 6.26. The SMILES string of the molecule is Fc1cccc(Sc2nsnc2Cl)c1. The van der Waals surface area contributed by atoms with Gasteiger partial charge in [-0.2, -0.15) is 8.75 Å². The Hall–Kier alpha value is -0.650. The molecular formula is C8H4ClFN2S2. The van der Waals surface area contributed by atoms with Crippen LogP contribution in [0.15, 0.2) is 34.2 Å². The standard InChI is InChI=1S/C8H4ClFN2S2/c9-7-8(12-14-11-7)13-6-3-1-2-5(10)4-6/h1-4H. The molecule has 2 rings (SSSR count). The Labute approximate surface area is 93.4 Å². The smallest absolute Gasteiger partial charge is 0.177 e. The molecule has 1 heterocycles. The van der Waals surface area contributed by atoms with E-state index in [1.807, 2.05) is 0 Å². The van der Waals surface area contributed by atoms with E-state index in [4.69, 9.17) is 11.6 Å². The van der Waals surface area contributed by atoms with Gasteiger partial charge in [-0.05, 0) is 18.2 Å². The van der Waals surface area contributed by atoms with Gasteiger partial charge in [0.25, 0.3) is 0 Å². The van der Waals surface area contributed by atoms with Gasteiger partial charge in [0, 0.05) is 4.90 Å². The first-order chi connectivity index (χ1) is 6.75. The number of halogens is 2. The maximum absolute atomic E-state index is 12.8. The van der Waals surface area contributed by atoms with Crippen molar-refractivity contribution in [2.24, 2.45) is 0 Å². The number of hydrogen-bond acceptors (Lipinski definition) is 4. The molecule has 6 heteroatoms. The quantitative estimate of drug-likeness (QED) is 0.811. The molecule has 0 aliphatic heterocycles. The highest BCUT2D eigenvalue weighted by atomic mass is 35.5. The zero-order valence-corrected chi connectivity index (χ0v) is 9.17. The van der Waals surface area contributed by atoms with Crippen molar-refractivity contribution in [3.05, 3.63) is 35.2 Å². The van der Waals surface area contributed by atoms with Crippen molar-refractivity contribution in [3.63, 3.8) is 0 Å². The Bertz CT molecular complexity index is 446. The summed E-state index contributed by atoms with van der Waals surface area (Å²) in [5, 5.41) is 0.978. The summed E-state index contributed by atoms with van der Waals surface area (Å²) >= 11 is 8.09. The highest BCUT2D eigenvalue weighted by Gasteiger charge is 2.07. The van der Waals surface area contributed by atoms with Crippen LogP contribution in [0.1, 0.15) is 0 Å². The second-order valence-electron chi connectivity index (χ2n) is 2.42. The van der Waals surface area contributed by atoms with E-state index in [2.05, 4.69) is 8.75 Å². The fourth-order valence-corrected chi connectivity index (χ4v) is 2.51. The molecule has 72 valence electrons. The minimum Gasteiger partial charge on any atom is -0.207 e. The van der Waals surface area contributed by atoms with Crippen LogP contribution in [-0.4, -0.2) is 8.75 Å². The van der Waals surface area contributed by atoms with Gasteiger partial charge in [0.15, 0.2) is 10.2 Å². The number of hydrogen-bond donors (Lipinski definition) is 0. The van der Waals surface area contributed by atoms with Crippen molar-refractivity contribution in [3.8, 4) is 0 Å². The molecule has 0 atom stereocenters. The van der Waals surface area contributed by atoms with Crippen LogP contribution in [0.5, 0.6) is 0 Å². The van der Waals surface area contributed by atoms with Crippen molar-refractivity contribution in [2.45, 2.75) is 9.92 Å². The van der Waals surface area contributed by atoms with Crippen molar-refractivity contribution in [1.82, 2.24) is 8.75 Å². The Morgan fingerprint density at radius 3 is 2.86 bits per heavy atom. The summed E-state index contributed by atoms with van der Waals surface area (Å²) < 4.78 is 20.6. The lowest BCUT2D eigenvalue weighted by Crippen LogP contribution is -1.76. The van der Waals surface area contributed by atoms with Crippen LogP contribution in [0.3, 0.4) is 0 Å². The molecule has 0 unspecified atom stereocenters. The highest BCUT2D eigenvalue weighted by Crippen LogP contribution is 2.31. The summed E-state index contributed by atoms with van der Waals surface area (Å²) in [6.45, 7) is 0. The lowest BCUT2D eigenvalue weighted by molar-refractivity contribution is 0.624. The van der Waals surface area contributed by atoms with Gasteiger partial charge < -0.3 is 0 Å². The molecule has 0 aliphatic rings. The minimum atomic E-state index is -0.269. The Morgan fingerprint density at radius 2 is 2.21 bits per heavy atom. The summed E-state index contributed by atoms with van der Waals surface area (Å²) in [6.07, 6.45) is 0. The monoisotopic (exact) mass is 246 g/mol. The fourth-order valence-electron chi connectivity index (χ4n) is 0.873. The predicted molar refractivity (Wildman–Crippen MR) is 55.4 cm³/mol. The van der Waals surface area contributed by atoms with Crippen molar-refractivity contribution in [1.29, 1.82) is 0 Å². The number of nitrogens with zero attached hydrogens (tertiary/aromatic N) is 2. The lowest BCUT2D eigenvalue weighted by Gasteiger charge is -1.97. The topological polar surface area (TPSA) is 25.8 Å². The fraction of sp³-hybridized carbons (Fsp3) is 0. The van der Waals surface area contributed by atoms with Crippen LogP contribution >= 0.6 is 35.1 Å². The highest BCUT2D eigenvalue weighted by molar-refractivity contribution is 7.99. The molecule has 2 aromatic rings. The van der Waals surface area contributed by atoms with Crippen LogP contribution in [0.2, 0.25) is 5.15 Å². The summed E-state index contributed by atoms with van der Waals surface area (Å²) in [7, 11) is 0. The molecule has 14 heavy (non-hydrogen) atoms. The molecule has 0 aliphatic carbocycles. The van der Waals surface area contributed by atoms with Crippen LogP contribution in [0.25, 0.3) is 0 Å². The summed E-state index contributed by atoms with van der Waals surface area (Å²) in [5.74, 6) is -0.269. The molecule has 1 aromatic carbocycles. The molecule has 0 bridgehead atoms. The molecule has 0 saturated carbocycles. The number of aromatic nitrogens is 2. The van der Waals surface area contributed by atoms with Gasteiger partial charge >= 0.3 is 0 Å². The zero-order chi connectivity index (χ0) is 9.97. The lowest BCUT2D eigenvalue weighted by atomic mass is 10.4. The molecule has 0 fully saturated rings. The third-order valence-electron chi connectivity index (χ3n) is 1.43. The van der Waals surface area contributed by atoms with Gasteiger partial charge in [-0.15, -0.1) is 0 Å². The van der Waals surface area contributed by atoms with Crippen molar-refractivity contribution >= 4 is 35.1 Å². The second kappa shape index (κ2) is 4.25. The van der Waals surface area contributed by atoms with Gasteiger partial charge in [0.2, 0.25) is 0 Å². The molecule has 0 radical (unpaired) electrons. The normalized spacial score (nSPS) is 10.4. The molecule has 0 N–H and O–H groups in total. The summed E-state index contributed by atoms with van der Waals surface area (Å²) in [5.41, 5.74) is 0. The van der Waals surface area contributed by atoms with Crippen LogP contribution in [0.4, 0.5) is 4.39 Å². The molecule has 1 aromatic heterocycles. The average molecular weight is 247 g/mol. The predicted octanol–water partition coefficient (Wildman–Crippen LogP) is 3.48. The van der Waals surface area contributed by atoms with Gasteiger partial charge in [-0.1, -0.05) is 29.4 Å². The first-order valence-corrected chi connectivity index (χ1v) is 5.59. The van der Waals surface area contributed by atoms with Crippen LogP contribution in [-0.2, 0) is 0 Å². The van der Waals surface area contributed by atoms with E-state index in [-0.39, 0.29) is 5.82 Å². The first kappa shape index (κ1) is 9.89. The number of benzene rings is 1. The van der Waals surface area contributed by atoms with E-state index in [0.29, 0.717) is 10.2 Å². The van der Waals surface area contributed by atoms with Gasteiger partial charge in [0.05, 0.1) is 11.7 Å². The largest absolute Gasteiger partial charge is 0.207 e.